The lowest BCUT2D eigenvalue weighted by Crippen LogP contribution is -2.24. The number of carbonyl (C=O) groups excluding carboxylic acids is 1. The number of aryl methyl sites for hydroxylation is 1. The highest BCUT2D eigenvalue weighted by Crippen LogP contribution is 2.18. The number of amides is 1. The number of amidine groups is 1. The van der Waals surface area contributed by atoms with Crippen molar-refractivity contribution >= 4 is 17.8 Å². The van der Waals surface area contributed by atoms with Gasteiger partial charge in [0.25, 0.3) is 5.91 Å². The highest BCUT2D eigenvalue weighted by atomic mass is 16.5. The molecule has 1 N–H and O–H groups in total. The molecule has 0 saturated carbocycles. The van der Waals surface area contributed by atoms with Crippen LogP contribution in [0.25, 0.3) is 6.08 Å². The lowest BCUT2D eigenvalue weighted by atomic mass is 10.0. The van der Waals surface area contributed by atoms with E-state index in [-0.39, 0.29) is 5.91 Å². The van der Waals surface area contributed by atoms with Gasteiger partial charge in [-0.3, -0.25) is 4.79 Å². The first kappa shape index (κ1) is 17.9. The summed E-state index contributed by atoms with van der Waals surface area (Å²) in [6, 6.07) is 16.2. The van der Waals surface area contributed by atoms with E-state index in [0.717, 1.165) is 23.6 Å². The molecular formula is C22H24N2O2. The second-order valence-electron chi connectivity index (χ2n) is 6.71. The van der Waals surface area contributed by atoms with Crippen LogP contribution in [0.3, 0.4) is 0 Å². The Hall–Kier alpha value is -2.88. The van der Waals surface area contributed by atoms with Gasteiger partial charge in [0.15, 0.2) is 0 Å². The Kier molecular flexibility index (Phi) is 5.52. The average molecular weight is 348 g/mol. The van der Waals surface area contributed by atoms with Gasteiger partial charge in [0, 0.05) is 6.42 Å². The number of ether oxygens (including phenoxy) is 1. The van der Waals surface area contributed by atoms with E-state index in [1.807, 2.05) is 42.5 Å². The van der Waals surface area contributed by atoms with Crippen LogP contribution >= 0.6 is 0 Å². The van der Waals surface area contributed by atoms with E-state index in [4.69, 9.17) is 4.74 Å². The fraction of sp³-hybridized carbons (Fsp3) is 0.273. The van der Waals surface area contributed by atoms with Gasteiger partial charge in [0.1, 0.15) is 17.3 Å². The topological polar surface area (TPSA) is 50.7 Å². The Balaban J connectivity index is 1.65. The zero-order chi connectivity index (χ0) is 18.5. The highest BCUT2D eigenvalue weighted by Gasteiger charge is 2.19. The summed E-state index contributed by atoms with van der Waals surface area (Å²) >= 11 is 0. The third kappa shape index (κ3) is 4.39. The number of benzene rings is 2. The predicted octanol–water partition coefficient (Wildman–Crippen LogP) is 4.32. The fourth-order valence-electron chi connectivity index (χ4n) is 2.83. The summed E-state index contributed by atoms with van der Waals surface area (Å²) in [7, 11) is 1.65. The van der Waals surface area contributed by atoms with Crippen LogP contribution < -0.4 is 10.1 Å². The molecule has 4 nitrogen and oxygen atoms in total. The van der Waals surface area contributed by atoms with Gasteiger partial charge in [-0.15, -0.1) is 0 Å². The minimum Gasteiger partial charge on any atom is -0.497 e. The van der Waals surface area contributed by atoms with Gasteiger partial charge in [0.2, 0.25) is 0 Å². The van der Waals surface area contributed by atoms with Crippen LogP contribution in [0.15, 0.2) is 59.2 Å². The van der Waals surface area contributed by atoms with Crippen LogP contribution in [0.5, 0.6) is 5.75 Å². The number of methoxy groups -OCH3 is 1. The summed E-state index contributed by atoms with van der Waals surface area (Å²) in [6.07, 6.45) is 3.35. The molecule has 2 aromatic rings. The van der Waals surface area contributed by atoms with Crippen molar-refractivity contribution in [2.24, 2.45) is 4.99 Å². The first-order valence-electron chi connectivity index (χ1n) is 8.88. The number of nitrogens with one attached hydrogen (secondary N) is 1. The van der Waals surface area contributed by atoms with Gasteiger partial charge in [-0.05, 0) is 47.2 Å². The molecule has 1 amide bonds. The highest BCUT2D eigenvalue weighted by molar-refractivity contribution is 6.14. The minimum absolute atomic E-state index is 0.136. The summed E-state index contributed by atoms with van der Waals surface area (Å²) in [5.74, 6) is 1.92. The van der Waals surface area contributed by atoms with Crippen molar-refractivity contribution in [1.82, 2.24) is 5.32 Å². The molecule has 2 aromatic carbocycles. The molecule has 1 aliphatic rings. The summed E-state index contributed by atoms with van der Waals surface area (Å²) < 4.78 is 5.16. The largest absolute Gasteiger partial charge is 0.497 e. The van der Waals surface area contributed by atoms with Crippen molar-refractivity contribution in [2.75, 3.05) is 7.11 Å². The van der Waals surface area contributed by atoms with E-state index in [0.29, 0.717) is 18.0 Å². The van der Waals surface area contributed by atoms with E-state index in [1.54, 1.807) is 7.11 Å². The van der Waals surface area contributed by atoms with Gasteiger partial charge < -0.3 is 10.1 Å². The summed E-state index contributed by atoms with van der Waals surface area (Å²) in [5, 5.41) is 2.86. The van der Waals surface area contributed by atoms with Crippen LogP contribution in [0, 0.1) is 0 Å². The quantitative estimate of drug-likeness (QED) is 0.791. The number of hydrogen-bond donors (Lipinski definition) is 1. The average Bonchev–Trinajstić information content (AvgIpc) is 3.00. The summed E-state index contributed by atoms with van der Waals surface area (Å²) in [5.41, 5.74) is 3.92. The molecule has 3 rings (SSSR count). The molecule has 0 aromatic heterocycles. The summed E-state index contributed by atoms with van der Waals surface area (Å²) in [4.78, 5) is 16.6. The smallest absolute Gasteiger partial charge is 0.275 e. The van der Waals surface area contributed by atoms with Crippen LogP contribution in [-0.2, 0) is 11.2 Å². The van der Waals surface area contributed by atoms with Crippen molar-refractivity contribution in [3.05, 3.63) is 70.9 Å². The van der Waals surface area contributed by atoms with Gasteiger partial charge >= 0.3 is 0 Å². The van der Waals surface area contributed by atoms with E-state index in [2.05, 4.69) is 36.3 Å². The van der Waals surface area contributed by atoms with Crippen molar-refractivity contribution in [3.63, 3.8) is 0 Å². The molecule has 1 aliphatic heterocycles. The molecule has 26 heavy (non-hydrogen) atoms. The SMILES string of the molecule is COc1ccc(CCC2=N/C(=C/c3ccc(C(C)C)cc3)C(=O)N2)cc1. The molecule has 0 unspecified atom stereocenters. The maximum atomic E-state index is 12.1. The maximum absolute atomic E-state index is 12.1. The van der Waals surface area contributed by atoms with Gasteiger partial charge in [-0.1, -0.05) is 50.2 Å². The van der Waals surface area contributed by atoms with Crippen LogP contribution in [0.2, 0.25) is 0 Å². The zero-order valence-corrected chi connectivity index (χ0v) is 15.5. The minimum atomic E-state index is -0.136. The van der Waals surface area contributed by atoms with Gasteiger partial charge in [-0.2, -0.15) is 0 Å². The van der Waals surface area contributed by atoms with E-state index in [1.165, 1.54) is 11.1 Å². The lowest BCUT2D eigenvalue weighted by molar-refractivity contribution is -0.115. The molecule has 0 aliphatic carbocycles. The normalized spacial score (nSPS) is 15.3. The summed E-state index contributed by atoms with van der Waals surface area (Å²) in [6.45, 7) is 4.33. The van der Waals surface area contributed by atoms with Crippen molar-refractivity contribution < 1.29 is 9.53 Å². The fourth-order valence-corrected chi connectivity index (χ4v) is 2.83. The van der Waals surface area contributed by atoms with Crippen LogP contribution in [0.4, 0.5) is 0 Å². The number of hydrogen-bond acceptors (Lipinski definition) is 3. The van der Waals surface area contributed by atoms with Crippen molar-refractivity contribution in [1.29, 1.82) is 0 Å². The molecule has 4 heteroatoms. The van der Waals surface area contributed by atoms with Crippen molar-refractivity contribution in [2.45, 2.75) is 32.6 Å². The van der Waals surface area contributed by atoms with E-state index < -0.39 is 0 Å². The van der Waals surface area contributed by atoms with E-state index in [9.17, 15) is 4.79 Å². The molecule has 0 spiro atoms. The molecular weight excluding hydrogens is 324 g/mol. The second-order valence-corrected chi connectivity index (χ2v) is 6.71. The number of carbonyl (C=O) groups is 1. The third-order valence-corrected chi connectivity index (χ3v) is 4.46. The predicted molar refractivity (Wildman–Crippen MR) is 105 cm³/mol. The Labute approximate surface area is 154 Å². The monoisotopic (exact) mass is 348 g/mol. The first-order chi connectivity index (χ1) is 12.5. The number of aliphatic imine (C=N–C) groups is 1. The first-order valence-corrected chi connectivity index (χ1v) is 8.88. The Morgan fingerprint density at radius 1 is 1.04 bits per heavy atom. The van der Waals surface area contributed by atoms with E-state index >= 15 is 0 Å². The zero-order valence-electron chi connectivity index (χ0n) is 15.5. The molecule has 0 radical (unpaired) electrons. The third-order valence-electron chi connectivity index (χ3n) is 4.46. The number of rotatable bonds is 6. The standard InChI is InChI=1S/C22H24N2O2/c1-15(2)18-9-4-17(5-10-18)14-20-22(25)24-21(23-20)13-8-16-6-11-19(26-3)12-7-16/h4-7,9-12,14-15H,8,13H2,1-3H3,(H,23,24,25)/b20-14+. The lowest BCUT2D eigenvalue weighted by Gasteiger charge is -2.04. The Bertz CT molecular complexity index is 831. The Morgan fingerprint density at radius 3 is 2.35 bits per heavy atom. The van der Waals surface area contributed by atoms with Gasteiger partial charge in [-0.25, -0.2) is 4.99 Å². The van der Waals surface area contributed by atoms with Gasteiger partial charge in [0.05, 0.1) is 7.11 Å². The van der Waals surface area contributed by atoms with Crippen LogP contribution in [-0.4, -0.2) is 18.9 Å². The molecule has 1 heterocycles. The van der Waals surface area contributed by atoms with Crippen molar-refractivity contribution in [3.8, 4) is 5.75 Å². The van der Waals surface area contributed by atoms with Crippen LogP contribution in [0.1, 0.15) is 42.9 Å². The molecule has 134 valence electrons. The molecule has 0 fully saturated rings. The molecule has 0 saturated heterocycles. The molecule has 0 bridgehead atoms. The Morgan fingerprint density at radius 2 is 1.73 bits per heavy atom. The maximum Gasteiger partial charge on any atom is 0.275 e. The number of nitrogens with zero attached hydrogens (tertiary/aromatic N) is 1. The molecule has 0 atom stereocenters. The second kappa shape index (κ2) is 8.00.